The van der Waals surface area contributed by atoms with E-state index < -0.39 is 6.36 Å². The lowest BCUT2D eigenvalue weighted by Gasteiger charge is -2.33. The van der Waals surface area contributed by atoms with Crippen molar-refractivity contribution in [2.75, 3.05) is 19.6 Å². The summed E-state index contributed by atoms with van der Waals surface area (Å²) in [6.45, 7) is 2.74. The van der Waals surface area contributed by atoms with E-state index in [2.05, 4.69) is 19.6 Å². The molecule has 2 fully saturated rings. The Labute approximate surface area is 211 Å². The molecule has 2 aromatic heterocycles. The van der Waals surface area contributed by atoms with Crippen LogP contribution in [0.15, 0.2) is 30.5 Å². The van der Waals surface area contributed by atoms with Gasteiger partial charge in [0.1, 0.15) is 17.2 Å². The molecule has 6 nitrogen and oxygen atoms in total. The van der Waals surface area contributed by atoms with Crippen LogP contribution < -0.4 is 4.74 Å². The fourth-order valence-corrected chi connectivity index (χ4v) is 5.90. The Hall–Kier alpha value is -3.14. The molecule has 1 aromatic carbocycles. The van der Waals surface area contributed by atoms with Crippen molar-refractivity contribution in [3.8, 4) is 5.75 Å². The first-order valence-corrected chi connectivity index (χ1v) is 12.8. The van der Waals surface area contributed by atoms with Crippen LogP contribution in [-0.2, 0) is 13.0 Å². The summed E-state index contributed by atoms with van der Waals surface area (Å²) in [5.74, 6) is -0.977. The highest BCUT2D eigenvalue weighted by molar-refractivity contribution is 5.94. The number of carbonyl (C=O) groups excluding carboxylic acids is 1. The molecule has 0 spiro atoms. The summed E-state index contributed by atoms with van der Waals surface area (Å²) in [6, 6.07) is 5.58. The van der Waals surface area contributed by atoms with E-state index in [0.29, 0.717) is 43.1 Å². The number of fused-ring (bicyclic) bond motifs is 3. The molecule has 1 saturated carbocycles. The summed E-state index contributed by atoms with van der Waals surface area (Å²) in [4.78, 5) is 25.0. The third-order valence-corrected chi connectivity index (χ3v) is 7.83. The number of pyridine rings is 1. The fourth-order valence-electron chi connectivity index (χ4n) is 5.90. The standard InChI is InChI=1S/C27H28F4N4O2/c28-21-14-32-25-24(20-15-35(18-5-6-18)11-1-2-22(20)33-25)23(21)16-9-12-34(13-10-16)26(36)17-3-7-19(8-4-17)37-27(29,30)31/h3-4,7-8,14,16,18H,1-2,5-6,9-13,15H2,(H,32,33). The fraction of sp³-hybridized carbons (Fsp3) is 0.481. The van der Waals surface area contributed by atoms with Crippen molar-refractivity contribution in [3.63, 3.8) is 0 Å². The van der Waals surface area contributed by atoms with E-state index in [1.54, 1.807) is 4.90 Å². The predicted molar refractivity (Wildman–Crippen MR) is 129 cm³/mol. The van der Waals surface area contributed by atoms with Crippen molar-refractivity contribution < 1.29 is 27.1 Å². The molecule has 196 valence electrons. The third kappa shape index (κ3) is 4.91. The van der Waals surface area contributed by atoms with Gasteiger partial charge in [0.15, 0.2) is 0 Å². The van der Waals surface area contributed by atoms with Gasteiger partial charge in [0, 0.05) is 47.9 Å². The summed E-state index contributed by atoms with van der Waals surface area (Å²) >= 11 is 0. The number of halogens is 4. The number of aryl methyl sites for hydroxylation is 1. The summed E-state index contributed by atoms with van der Waals surface area (Å²) < 4.78 is 56.5. The van der Waals surface area contributed by atoms with Crippen molar-refractivity contribution >= 4 is 16.9 Å². The molecule has 1 saturated heterocycles. The molecule has 0 unspecified atom stereocenters. The number of hydrogen-bond acceptors (Lipinski definition) is 4. The molecular weight excluding hydrogens is 488 g/mol. The molecule has 3 aromatic rings. The monoisotopic (exact) mass is 516 g/mol. The Balaban J connectivity index is 1.20. The van der Waals surface area contributed by atoms with E-state index in [-0.39, 0.29) is 23.4 Å². The average molecular weight is 517 g/mol. The maximum Gasteiger partial charge on any atom is 0.573 e. The third-order valence-electron chi connectivity index (χ3n) is 7.83. The van der Waals surface area contributed by atoms with Crippen LogP contribution in [0.2, 0.25) is 0 Å². The van der Waals surface area contributed by atoms with Crippen LogP contribution in [0.4, 0.5) is 17.6 Å². The van der Waals surface area contributed by atoms with Gasteiger partial charge in [-0.05, 0) is 80.8 Å². The van der Waals surface area contributed by atoms with Gasteiger partial charge in [0.2, 0.25) is 0 Å². The van der Waals surface area contributed by atoms with Gasteiger partial charge in [0.05, 0.1) is 6.20 Å². The first-order chi connectivity index (χ1) is 17.8. The molecule has 0 radical (unpaired) electrons. The highest BCUT2D eigenvalue weighted by Gasteiger charge is 2.34. The maximum atomic E-state index is 15.3. The number of rotatable bonds is 4. The van der Waals surface area contributed by atoms with E-state index in [0.717, 1.165) is 54.8 Å². The Kier molecular flexibility index (Phi) is 6.09. The van der Waals surface area contributed by atoms with Crippen molar-refractivity contribution in [2.24, 2.45) is 0 Å². The molecule has 0 bridgehead atoms. The van der Waals surface area contributed by atoms with Gasteiger partial charge in [-0.1, -0.05) is 0 Å². The highest BCUT2D eigenvalue weighted by Crippen LogP contribution is 2.40. The normalized spacial score (nSPS) is 19.6. The predicted octanol–water partition coefficient (Wildman–Crippen LogP) is 5.53. The number of likely N-dealkylation sites (tertiary alicyclic amines) is 1. The summed E-state index contributed by atoms with van der Waals surface area (Å²) in [5, 5.41) is 0.910. The number of amides is 1. The number of ether oxygens (including phenoxy) is 1. The minimum absolute atomic E-state index is 0.0466. The van der Waals surface area contributed by atoms with Crippen LogP contribution >= 0.6 is 0 Å². The quantitative estimate of drug-likeness (QED) is 0.463. The van der Waals surface area contributed by atoms with Crippen molar-refractivity contribution in [1.29, 1.82) is 0 Å². The van der Waals surface area contributed by atoms with E-state index in [9.17, 15) is 18.0 Å². The topological polar surface area (TPSA) is 61.5 Å². The lowest BCUT2D eigenvalue weighted by Crippen LogP contribution is -2.38. The Morgan fingerprint density at radius 3 is 2.46 bits per heavy atom. The molecule has 1 N–H and O–H groups in total. The smallest absolute Gasteiger partial charge is 0.406 e. The molecule has 10 heteroatoms. The Bertz CT molecular complexity index is 1310. The number of nitrogens with one attached hydrogen (secondary N) is 1. The molecular formula is C27H28F4N4O2. The lowest BCUT2D eigenvalue weighted by atomic mass is 9.86. The van der Waals surface area contributed by atoms with Crippen LogP contribution in [0.5, 0.6) is 5.75 Å². The van der Waals surface area contributed by atoms with Gasteiger partial charge in [-0.2, -0.15) is 0 Å². The maximum absolute atomic E-state index is 15.3. The summed E-state index contributed by atoms with van der Waals surface area (Å²) in [7, 11) is 0. The first kappa shape index (κ1) is 24.2. The number of aromatic nitrogens is 2. The van der Waals surface area contributed by atoms with Gasteiger partial charge in [-0.25, -0.2) is 9.37 Å². The van der Waals surface area contributed by atoms with E-state index in [1.165, 1.54) is 36.7 Å². The Morgan fingerprint density at radius 1 is 1.05 bits per heavy atom. The molecule has 37 heavy (non-hydrogen) atoms. The van der Waals surface area contributed by atoms with Crippen LogP contribution in [0.3, 0.4) is 0 Å². The van der Waals surface area contributed by atoms with Gasteiger partial charge in [0.25, 0.3) is 5.91 Å². The van der Waals surface area contributed by atoms with Gasteiger partial charge < -0.3 is 14.6 Å². The molecule has 0 atom stereocenters. The van der Waals surface area contributed by atoms with Crippen LogP contribution in [0.25, 0.3) is 11.0 Å². The first-order valence-electron chi connectivity index (χ1n) is 12.8. The minimum Gasteiger partial charge on any atom is -0.406 e. The molecule has 4 heterocycles. The number of piperidine rings is 1. The van der Waals surface area contributed by atoms with Crippen LogP contribution in [0.1, 0.15) is 65.2 Å². The minimum atomic E-state index is -4.78. The van der Waals surface area contributed by atoms with Crippen LogP contribution in [0, 0.1) is 5.82 Å². The number of alkyl halides is 3. The second kappa shape index (κ2) is 9.31. The molecule has 1 aliphatic carbocycles. The number of benzene rings is 1. The van der Waals surface area contributed by atoms with Gasteiger partial charge in [-0.15, -0.1) is 13.2 Å². The van der Waals surface area contributed by atoms with Crippen molar-refractivity contribution in [3.05, 3.63) is 58.7 Å². The second-order valence-electron chi connectivity index (χ2n) is 10.3. The number of carbonyl (C=O) groups is 1. The van der Waals surface area contributed by atoms with Crippen molar-refractivity contribution in [1.82, 2.24) is 19.8 Å². The summed E-state index contributed by atoms with van der Waals surface area (Å²) in [6.07, 6.45) is 2.16. The number of nitrogens with zero attached hydrogens (tertiary/aromatic N) is 3. The highest BCUT2D eigenvalue weighted by atomic mass is 19.4. The zero-order valence-electron chi connectivity index (χ0n) is 20.3. The van der Waals surface area contributed by atoms with Gasteiger partial charge in [-0.3, -0.25) is 9.69 Å². The van der Waals surface area contributed by atoms with E-state index >= 15 is 4.39 Å². The largest absolute Gasteiger partial charge is 0.573 e. The van der Waals surface area contributed by atoms with E-state index in [4.69, 9.17) is 0 Å². The lowest BCUT2D eigenvalue weighted by molar-refractivity contribution is -0.274. The van der Waals surface area contributed by atoms with Gasteiger partial charge >= 0.3 is 6.36 Å². The SMILES string of the molecule is O=C(c1ccc(OC(F)(F)F)cc1)N1CCC(c2c(F)cnc3[nH]c4c(c23)CN(C2CC2)CCC4)CC1. The number of aromatic amines is 1. The summed E-state index contributed by atoms with van der Waals surface area (Å²) in [5.41, 5.74) is 4.05. The molecule has 6 rings (SSSR count). The molecule has 2 aliphatic heterocycles. The second-order valence-corrected chi connectivity index (χ2v) is 10.3. The van der Waals surface area contributed by atoms with Crippen LogP contribution in [-0.4, -0.2) is 57.7 Å². The molecule has 1 amide bonds. The zero-order valence-corrected chi connectivity index (χ0v) is 20.3. The molecule has 3 aliphatic rings. The average Bonchev–Trinajstić information content (AvgIpc) is 3.68. The zero-order chi connectivity index (χ0) is 25.7. The Morgan fingerprint density at radius 2 is 1.78 bits per heavy atom. The van der Waals surface area contributed by atoms with Crippen molar-refractivity contribution in [2.45, 2.75) is 63.4 Å². The number of hydrogen-bond donors (Lipinski definition) is 1. The number of H-pyrrole nitrogens is 1. The van der Waals surface area contributed by atoms with E-state index in [1.807, 2.05) is 0 Å².